The van der Waals surface area contributed by atoms with Crippen molar-refractivity contribution in [3.8, 4) is 0 Å². The summed E-state index contributed by atoms with van der Waals surface area (Å²) in [4.78, 5) is 19.7. The Kier molecular flexibility index (Phi) is 4.53. The lowest BCUT2D eigenvalue weighted by molar-refractivity contribution is 0.540. The first-order chi connectivity index (χ1) is 11.1. The molecule has 23 heavy (non-hydrogen) atoms. The summed E-state index contributed by atoms with van der Waals surface area (Å²) < 4.78 is 0. The van der Waals surface area contributed by atoms with Crippen molar-refractivity contribution in [3.63, 3.8) is 0 Å². The number of aromatic nitrogens is 2. The molecule has 2 heterocycles. The fourth-order valence-corrected chi connectivity index (χ4v) is 2.74. The third-order valence-corrected chi connectivity index (χ3v) is 3.95. The van der Waals surface area contributed by atoms with Crippen LogP contribution in [0.4, 0.5) is 0 Å². The Bertz CT molecular complexity index is 855. The Morgan fingerprint density at radius 2 is 2.13 bits per heavy atom. The van der Waals surface area contributed by atoms with Crippen LogP contribution in [0.25, 0.3) is 10.9 Å². The molecule has 0 radical (unpaired) electrons. The first-order valence-corrected chi connectivity index (χ1v) is 7.86. The lowest BCUT2D eigenvalue weighted by Gasteiger charge is -2.14. The molecule has 0 aliphatic rings. The molecule has 1 unspecified atom stereocenters. The number of pyridine rings is 2. The van der Waals surface area contributed by atoms with E-state index >= 15 is 0 Å². The predicted molar refractivity (Wildman–Crippen MR) is 93.5 cm³/mol. The van der Waals surface area contributed by atoms with Gasteiger partial charge in [0.25, 0.3) is 0 Å². The van der Waals surface area contributed by atoms with Crippen molar-refractivity contribution in [1.82, 2.24) is 15.3 Å². The van der Waals surface area contributed by atoms with Crippen molar-refractivity contribution >= 4 is 10.9 Å². The van der Waals surface area contributed by atoms with E-state index in [-0.39, 0.29) is 5.43 Å². The van der Waals surface area contributed by atoms with Gasteiger partial charge in [-0.25, -0.2) is 0 Å². The van der Waals surface area contributed by atoms with Gasteiger partial charge < -0.3 is 10.3 Å². The third-order valence-electron chi connectivity index (χ3n) is 3.95. The maximum atomic E-state index is 12.2. The van der Waals surface area contributed by atoms with Crippen LogP contribution in [0, 0.1) is 6.92 Å². The number of aryl methyl sites for hydroxylation is 1. The molecule has 0 bridgehead atoms. The second kappa shape index (κ2) is 6.75. The zero-order valence-corrected chi connectivity index (χ0v) is 13.5. The fraction of sp³-hybridized carbons (Fsp3) is 0.263. The van der Waals surface area contributed by atoms with E-state index in [1.165, 1.54) is 5.56 Å². The Morgan fingerprint density at radius 1 is 1.26 bits per heavy atom. The first kappa shape index (κ1) is 15.4. The van der Waals surface area contributed by atoms with Gasteiger partial charge in [-0.05, 0) is 44.0 Å². The van der Waals surface area contributed by atoms with E-state index in [1.54, 1.807) is 12.3 Å². The van der Waals surface area contributed by atoms with Gasteiger partial charge in [-0.2, -0.15) is 0 Å². The molecule has 0 amide bonds. The van der Waals surface area contributed by atoms with Crippen LogP contribution in [0.15, 0.2) is 53.6 Å². The first-order valence-electron chi connectivity index (χ1n) is 7.86. The van der Waals surface area contributed by atoms with Crippen molar-refractivity contribution in [2.45, 2.75) is 32.9 Å². The largest absolute Gasteiger partial charge is 0.357 e. The normalized spacial score (nSPS) is 12.4. The van der Waals surface area contributed by atoms with Gasteiger partial charge in [0.2, 0.25) is 0 Å². The van der Waals surface area contributed by atoms with Crippen LogP contribution in [0.2, 0.25) is 0 Å². The fourth-order valence-electron chi connectivity index (χ4n) is 2.74. The molecule has 4 heteroatoms. The zero-order chi connectivity index (χ0) is 16.2. The SMILES string of the molecule is Cc1ccc2[nH]c(CNC(C)Cc3cccnc3)cc(=O)c2c1. The van der Waals surface area contributed by atoms with Gasteiger partial charge >= 0.3 is 0 Å². The molecular formula is C19H21N3O. The smallest absolute Gasteiger partial charge is 0.189 e. The highest BCUT2D eigenvalue weighted by molar-refractivity contribution is 5.79. The minimum Gasteiger partial charge on any atom is -0.357 e. The van der Waals surface area contributed by atoms with Gasteiger partial charge in [0.15, 0.2) is 5.43 Å². The number of aromatic amines is 1. The Hall–Kier alpha value is -2.46. The second-order valence-corrected chi connectivity index (χ2v) is 6.06. The number of fused-ring (bicyclic) bond motifs is 1. The van der Waals surface area contributed by atoms with Crippen LogP contribution >= 0.6 is 0 Å². The summed E-state index contributed by atoms with van der Waals surface area (Å²) in [6, 6.07) is 11.9. The number of hydrogen-bond acceptors (Lipinski definition) is 3. The number of H-pyrrole nitrogens is 1. The molecule has 3 rings (SSSR count). The van der Waals surface area contributed by atoms with Crippen LogP contribution in [0.1, 0.15) is 23.7 Å². The molecule has 3 aromatic rings. The monoisotopic (exact) mass is 307 g/mol. The average molecular weight is 307 g/mol. The molecule has 1 atom stereocenters. The molecule has 0 aliphatic heterocycles. The number of nitrogens with zero attached hydrogens (tertiary/aromatic N) is 1. The molecule has 118 valence electrons. The van der Waals surface area contributed by atoms with Crippen LogP contribution in [0.5, 0.6) is 0 Å². The lowest BCUT2D eigenvalue weighted by Crippen LogP contribution is -2.28. The molecule has 0 saturated heterocycles. The predicted octanol–water partition coefficient (Wildman–Crippen LogP) is 2.95. The van der Waals surface area contributed by atoms with E-state index in [1.807, 2.05) is 37.4 Å². The highest BCUT2D eigenvalue weighted by atomic mass is 16.1. The Labute approximate surface area is 135 Å². The van der Waals surface area contributed by atoms with Crippen LogP contribution < -0.4 is 10.7 Å². The Morgan fingerprint density at radius 3 is 2.91 bits per heavy atom. The van der Waals surface area contributed by atoms with E-state index in [2.05, 4.69) is 28.3 Å². The molecule has 0 fully saturated rings. The quantitative estimate of drug-likeness (QED) is 0.762. The van der Waals surface area contributed by atoms with Gasteiger partial charge in [0, 0.05) is 47.6 Å². The summed E-state index contributed by atoms with van der Waals surface area (Å²) in [7, 11) is 0. The molecule has 0 spiro atoms. The van der Waals surface area contributed by atoms with E-state index in [4.69, 9.17) is 0 Å². The van der Waals surface area contributed by atoms with E-state index in [0.29, 0.717) is 12.6 Å². The molecule has 2 aromatic heterocycles. The highest BCUT2D eigenvalue weighted by Gasteiger charge is 2.06. The van der Waals surface area contributed by atoms with Crippen molar-refractivity contribution in [2.75, 3.05) is 0 Å². The zero-order valence-electron chi connectivity index (χ0n) is 13.5. The number of benzene rings is 1. The van der Waals surface area contributed by atoms with Crippen LogP contribution in [0.3, 0.4) is 0 Å². The molecule has 0 aliphatic carbocycles. The number of hydrogen-bond donors (Lipinski definition) is 2. The van der Waals surface area contributed by atoms with E-state index in [9.17, 15) is 4.79 Å². The van der Waals surface area contributed by atoms with Gasteiger partial charge in [-0.3, -0.25) is 9.78 Å². The maximum Gasteiger partial charge on any atom is 0.189 e. The van der Waals surface area contributed by atoms with Crippen molar-refractivity contribution in [1.29, 1.82) is 0 Å². The number of nitrogens with one attached hydrogen (secondary N) is 2. The standard InChI is InChI=1S/C19H21N3O/c1-13-5-6-18-17(8-13)19(23)10-16(22-18)12-21-14(2)9-15-4-3-7-20-11-15/h3-8,10-11,14,21H,9,12H2,1-2H3,(H,22,23). The van der Waals surface area contributed by atoms with Gasteiger partial charge in [0.05, 0.1) is 0 Å². The maximum absolute atomic E-state index is 12.2. The van der Waals surface area contributed by atoms with Crippen molar-refractivity contribution in [3.05, 3.63) is 75.8 Å². The van der Waals surface area contributed by atoms with E-state index < -0.39 is 0 Å². The highest BCUT2D eigenvalue weighted by Crippen LogP contribution is 2.11. The summed E-state index contributed by atoms with van der Waals surface area (Å²) in [6.45, 7) is 4.77. The topological polar surface area (TPSA) is 57.8 Å². The lowest BCUT2D eigenvalue weighted by atomic mass is 10.1. The van der Waals surface area contributed by atoms with E-state index in [0.717, 1.165) is 28.6 Å². The van der Waals surface area contributed by atoms with Gasteiger partial charge in [-0.1, -0.05) is 17.7 Å². The summed E-state index contributed by atoms with van der Waals surface area (Å²) in [5, 5.41) is 4.20. The third kappa shape index (κ3) is 3.85. The minimum atomic E-state index is 0.0687. The Balaban J connectivity index is 1.69. The molecule has 2 N–H and O–H groups in total. The summed E-state index contributed by atoms with van der Waals surface area (Å²) >= 11 is 0. The summed E-state index contributed by atoms with van der Waals surface area (Å²) in [5.74, 6) is 0. The molecule has 1 aromatic carbocycles. The second-order valence-electron chi connectivity index (χ2n) is 6.06. The van der Waals surface area contributed by atoms with Crippen LogP contribution in [-0.4, -0.2) is 16.0 Å². The van der Waals surface area contributed by atoms with Crippen LogP contribution in [-0.2, 0) is 13.0 Å². The number of rotatable bonds is 5. The average Bonchev–Trinajstić information content (AvgIpc) is 2.55. The van der Waals surface area contributed by atoms with Crippen molar-refractivity contribution in [2.24, 2.45) is 0 Å². The van der Waals surface area contributed by atoms with Gasteiger partial charge in [-0.15, -0.1) is 0 Å². The summed E-state index contributed by atoms with van der Waals surface area (Å²) in [6.07, 6.45) is 4.58. The molecule has 0 saturated carbocycles. The van der Waals surface area contributed by atoms with Gasteiger partial charge in [0.1, 0.15) is 0 Å². The summed E-state index contributed by atoms with van der Waals surface area (Å²) in [5.41, 5.74) is 4.16. The minimum absolute atomic E-state index is 0.0687. The molecule has 4 nitrogen and oxygen atoms in total. The van der Waals surface area contributed by atoms with Crippen molar-refractivity contribution < 1.29 is 0 Å². The molecular weight excluding hydrogens is 286 g/mol.